The van der Waals surface area contributed by atoms with Crippen molar-refractivity contribution < 1.29 is 18.9 Å². The van der Waals surface area contributed by atoms with Gasteiger partial charge in [-0.05, 0) is 37.5 Å². The summed E-state index contributed by atoms with van der Waals surface area (Å²) in [4.78, 5) is 23.9. The maximum absolute atomic E-state index is 12.2. The van der Waals surface area contributed by atoms with Crippen LogP contribution in [0.5, 0.6) is 0 Å². The average Bonchev–Trinajstić information content (AvgIpc) is 2.47. The summed E-state index contributed by atoms with van der Waals surface area (Å²) in [6.45, 7) is 0. The number of anilines is 1. The highest BCUT2D eigenvalue weighted by atomic mass is 32.2. The number of carboxylic acid groups (broad SMARTS) is 1. The number of aliphatic carboxylic acids is 1. The van der Waals surface area contributed by atoms with Crippen molar-refractivity contribution in [3.05, 3.63) is 24.3 Å². The molecule has 1 aromatic rings. The van der Waals surface area contributed by atoms with Gasteiger partial charge in [-0.3, -0.25) is 13.8 Å². The van der Waals surface area contributed by atoms with Crippen molar-refractivity contribution >= 4 is 28.4 Å². The van der Waals surface area contributed by atoms with E-state index in [2.05, 4.69) is 5.32 Å². The van der Waals surface area contributed by atoms with Crippen LogP contribution in [0.25, 0.3) is 0 Å². The van der Waals surface area contributed by atoms with Crippen LogP contribution in [-0.2, 0) is 20.4 Å². The second-order valence-electron chi connectivity index (χ2n) is 5.37. The topological polar surface area (TPSA) is 83.5 Å². The Bertz CT molecular complexity index is 573. The molecule has 1 fully saturated rings. The average molecular weight is 309 g/mol. The minimum Gasteiger partial charge on any atom is -0.481 e. The maximum atomic E-state index is 12.2. The Kier molecular flexibility index (Phi) is 5.12. The number of amides is 1. The number of hydrogen-bond donors (Lipinski definition) is 2. The quantitative estimate of drug-likeness (QED) is 0.893. The number of rotatable bonds is 4. The lowest BCUT2D eigenvalue weighted by molar-refractivity contribution is -0.143. The molecule has 0 saturated heterocycles. The van der Waals surface area contributed by atoms with Crippen LogP contribution in [0, 0.1) is 11.8 Å². The van der Waals surface area contributed by atoms with Crippen LogP contribution >= 0.6 is 0 Å². The molecule has 114 valence electrons. The fourth-order valence-electron chi connectivity index (χ4n) is 2.65. The fraction of sp³-hybridized carbons (Fsp3) is 0.467. The van der Waals surface area contributed by atoms with Gasteiger partial charge in [-0.15, -0.1) is 0 Å². The number of nitrogens with one attached hydrogen (secondary N) is 1. The lowest BCUT2D eigenvalue weighted by atomic mass is 9.81. The van der Waals surface area contributed by atoms with Crippen molar-refractivity contribution in [2.24, 2.45) is 11.8 Å². The molecule has 3 atom stereocenters. The number of carbonyl (C=O) groups is 2. The van der Waals surface area contributed by atoms with Crippen molar-refractivity contribution in [3.8, 4) is 0 Å². The number of carboxylic acids is 1. The van der Waals surface area contributed by atoms with Gasteiger partial charge in [0, 0.05) is 33.6 Å². The van der Waals surface area contributed by atoms with Gasteiger partial charge >= 0.3 is 5.97 Å². The monoisotopic (exact) mass is 309 g/mol. The predicted octanol–water partition coefficient (Wildman–Crippen LogP) is 2.25. The number of carbonyl (C=O) groups excluding carboxylic acids is 1. The van der Waals surface area contributed by atoms with E-state index in [9.17, 15) is 13.8 Å². The van der Waals surface area contributed by atoms with Crippen LogP contribution in [-0.4, -0.2) is 27.4 Å². The molecule has 21 heavy (non-hydrogen) atoms. The fourth-order valence-corrected chi connectivity index (χ4v) is 3.21. The first-order valence-corrected chi connectivity index (χ1v) is 8.50. The van der Waals surface area contributed by atoms with Gasteiger partial charge in [-0.25, -0.2) is 0 Å². The molecule has 0 radical (unpaired) electrons. The molecular formula is C15H19NO4S. The van der Waals surface area contributed by atoms with E-state index in [-0.39, 0.29) is 11.8 Å². The van der Waals surface area contributed by atoms with E-state index in [1.165, 1.54) is 0 Å². The first-order chi connectivity index (χ1) is 9.97. The Labute approximate surface area is 126 Å². The first-order valence-electron chi connectivity index (χ1n) is 6.94. The van der Waals surface area contributed by atoms with Gasteiger partial charge in [-0.2, -0.15) is 0 Å². The third kappa shape index (κ3) is 4.14. The zero-order valence-electron chi connectivity index (χ0n) is 11.9. The molecule has 2 rings (SSSR count). The summed E-state index contributed by atoms with van der Waals surface area (Å²) in [5, 5.41) is 11.9. The van der Waals surface area contributed by atoms with E-state index < -0.39 is 22.7 Å². The van der Waals surface area contributed by atoms with E-state index >= 15 is 0 Å². The second kappa shape index (κ2) is 6.85. The van der Waals surface area contributed by atoms with Gasteiger partial charge in [-0.1, -0.05) is 12.5 Å². The normalized spacial score (nSPS) is 23.3. The Morgan fingerprint density at radius 3 is 2.67 bits per heavy atom. The highest BCUT2D eigenvalue weighted by Crippen LogP contribution is 2.30. The smallest absolute Gasteiger partial charge is 0.306 e. The predicted molar refractivity (Wildman–Crippen MR) is 80.5 cm³/mol. The largest absolute Gasteiger partial charge is 0.481 e. The third-order valence-corrected chi connectivity index (χ3v) is 4.75. The van der Waals surface area contributed by atoms with Crippen LogP contribution in [0.2, 0.25) is 0 Å². The van der Waals surface area contributed by atoms with Crippen LogP contribution in [0.1, 0.15) is 25.7 Å². The number of benzene rings is 1. The van der Waals surface area contributed by atoms with Gasteiger partial charge < -0.3 is 10.4 Å². The molecule has 1 amide bonds. The lowest BCUT2D eigenvalue weighted by Gasteiger charge is -2.25. The Balaban J connectivity index is 2.02. The minimum atomic E-state index is -1.10. The van der Waals surface area contributed by atoms with Crippen molar-refractivity contribution in [1.82, 2.24) is 0 Å². The molecule has 1 aliphatic carbocycles. The van der Waals surface area contributed by atoms with E-state index in [0.717, 1.165) is 12.8 Å². The Morgan fingerprint density at radius 1 is 1.29 bits per heavy atom. The molecular weight excluding hydrogens is 290 g/mol. The minimum absolute atomic E-state index is 0.153. The van der Waals surface area contributed by atoms with E-state index in [1.54, 1.807) is 30.5 Å². The first kappa shape index (κ1) is 15.7. The van der Waals surface area contributed by atoms with Gasteiger partial charge in [0.25, 0.3) is 0 Å². The van der Waals surface area contributed by atoms with Crippen LogP contribution < -0.4 is 5.32 Å². The summed E-state index contributed by atoms with van der Waals surface area (Å²) in [6.07, 6.45) is 4.09. The molecule has 6 heteroatoms. The lowest BCUT2D eigenvalue weighted by Crippen LogP contribution is -2.30. The summed E-state index contributed by atoms with van der Waals surface area (Å²) in [5.41, 5.74) is 0.602. The van der Waals surface area contributed by atoms with Crippen LogP contribution in [0.3, 0.4) is 0 Å². The van der Waals surface area contributed by atoms with Crippen molar-refractivity contribution in [2.45, 2.75) is 30.6 Å². The van der Waals surface area contributed by atoms with Gasteiger partial charge in [0.1, 0.15) is 0 Å². The molecule has 1 saturated carbocycles. The van der Waals surface area contributed by atoms with E-state index in [4.69, 9.17) is 5.11 Å². The van der Waals surface area contributed by atoms with Gasteiger partial charge in [0.2, 0.25) is 5.91 Å². The van der Waals surface area contributed by atoms with Crippen molar-refractivity contribution in [1.29, 1.82) is 0 Å². The SMILES string of the molecule is CS(=O)c1cccc(NC(=O)C2CCCC(C(=O)O)C2)c1. The molecule has 1 aromatic carbocycles. The zero-order valence-corrected chi connectivity index (χ0v) is 12.7. The molecule has 5 nitrogen and oxygen atoms in total. The molecule has 2 N–H and O–H groups in total. The summed E-state index contributed by atoms with van der Waals surface area (Å²) >= 11 is 0. The zero-order chi connectivity index (χ0) is 15.4. The van der Waals surface area contributed by atoms with E-state index in [0.29, 0.717) is 23.4 Å². The highest BCUT2D eigenvalue weighted by Gasteiger charge is 2.31. The second-order valence-corrected chi connectivity index (χ2v) is 6.75. The van der Waals surface area contributed by atoms with Crippen molar-refractivity contribution in [2.75, 3.05) is 11.6 Å². The molecule has 0 heterocycles. The third-order valence-electron chi connectivity index (χ3n) is 3.83. The summed E-state index contributed by atoms with van der Waals surface area (Å²) in [5.74, 6) is -1.67. The Morgan fingerprint density at radius 2 is 2.00 bits per heavy atom. The summed E-state index contributed by atoms with van der Waals surface area (Å²) in [6, 6.07) is 6.91. The summed E-state index contributed by atoms with van der Waals surface area (Å²) in [7, 11) is -1.10. The van der Waals surface area contributed by atoms with Gasteiger partial charge in [0.15, 0.2) is 0 Å². The molecule has 0 aliphatic heterocycles. The molecule has 1 aliphatic rings. The highest BCUT2D eigenvalue weighted by molar-refractivity contribution is 7.84. The summed E-state index contributed by atoms with van der Waals surface area (Å²) < 4.78 is 11.4. The van der Waals surface area contributed by atoms with Gasteiger partial charge in [0.05, 0.1) is 5.92 Å². The van der Waals surface area contributed by atoms with Crippen molar-refractivity contribution in [3.63, 3.8) is 0 Å². The van der Waals surface area contributed by atoms with Crippen LogP contribution in [0.4, 0.5) is 5.69 Å². The molecule has 3 unspecified atom stereocenters. The van der Waals surface area contributed by atoms with E-state index in [1.807, 2.05) is 0 Å². The number of hydrogen-bond acceptors (Lipinski definition) is 3. The standard InChI is InChI=1S/C15H19NO4S/c1-21(20)13-7-3-6-12(9-13)16-14(17)10-4-2-5-11(8-10)15(18)19/h3,6-7,9-11H,2,4-5,8H2,1H3,(H,16,17)(H,18,19). The maximum Gasteiger partial charge on any atom is 0.306 e. The molecule has 0 spiro atoms. The molecule has 0 bridgehead atoms. The molecule has 0 aromatic heterocycles. The van der Waals surface area contributed by atoms with Crippen LogP contribution in [0.15, 0.2) is 29.2 Å². The Hall–Kier alpha value is -1.69.